The third kappa shape index (κ3) is 4.30. The molecule has 0 aliphatic rings. The Hall–Kier alpha value is -3.09. The number of rotatable bonds is 7. The summed E-state index contributed by atoms with van der Waals surface area (Å²) in [5.41, 5.74) is 7.34. The van der Waals surface area contributed by atoms with Crippen LogP contribution in [0.3, 0.4) is 0 Å². The van der Waals surface area contributed by atoms with Crippen LogP contribution in [0.15, 0.2) is 42.5 Å². The van der Waals surface area contributed by atoms with Crippen LogP contribution < -0.4 is 5.73 Å². The van der Waals surface area contributed by atoms with Crippen LogP contribution in [-0.4, -0.2) is 21.1 Å². The summed E-state index contributed by atoms with van der Waals surface area (Å²) < 4.78 is 26.2. The molecular formula is C19H17F2N4O. The zero-order chi connectivity index (χ0) is 18.5. The number of carbonyl (C=O) groups excluding carboxylic acids is 1. The lowest BCUT2D eigenvalue weighted by Crippen LogP contribution is -2.13. The van der Waals surface area contributed by atoms with Crippen LogP contribution in [0, 0.1) is 18.1 Å². The Balaban J connectivity index is 1.57. The van der Waals surface area contributed by atoms with Gasteiger partial charge in [-0.3, -0.25) is 9.89 Å². The van der Waals surface area contributed by atoms with E-state index in [9.17, 15) is 13.6 Å². The monoisotopic (exact) mass is 355 g/mol. The fourth-order valence-corrected chi connectivity index (χ4v) is 2.66. The first-order valence-corrected chi connectivity index (χ1v) is 8.09. The molecule has 1 aromatic heterocycles. The van der Waals surface area contributed by atoms with Crippen LogP contribution in [0.1, 0.15) is 39.6 Å². The standard InChI is InChI=1S/C19H17F2N4O/c20-15-9-8-12(10-16(15)21)11-18-23-17(24-25-18)7-3-5-13-4-1-2-6-14(13)19(22)26/h1-2,4,6-10H,3,5,11H2,(H2,22,26)(H,23,24,25). The molecule has 0 aliphatic heterocycles. The van der Waals surface area contributed by atoms with E-state index in [1.807, 2.05) is 18.6 Å². The van der Waals surface area contributed by atoms with Crippen molar-refractivity contribution in [2.45, 2.75) is 19.3 Å². The summed E-state index contributed by atoms with van der Waals surface area (Å²) in [5.74, 6) is -1.15. The predicted octanol–water partition coefficient (Wildman–Crippen LogP) is 2.96. The summed E-state index contributed by atoms with van der Waals surface area (Å²) in [6.07, 6.45) is 3.44. The van der Waals surface area contributed by atoms with Gasteiger partial charge in [-0.25, -0.2) is 13.8 Å². The third-order valence-electron chi connectivity index (χ3n) is 3.93. The molecule has 3 aromatic rings. The van der Waals surface area contributed by atoms with Gasteiger partial charge in [0.05, 0.1) is 0 Å². The van der Waals surface area contributed by atoms with Crippen LogP contribution in [0.4, 0.5) is 8.78 Å². The molecule has 1 heterocycles. The highest BCUT2D eigenvalue weighted by molar-refractivity contribution is 5.94. The van der Waals surface area contributed by atoms with E-state index < -0.39 is 17.5 Å². The molecule has 0 spiro atoms. The lowest BCUT2D eigenvalue weighted by molar-refractivity contribution is 0.0999. The van der Waals surface area contributed by atoms with Gasteiger partial charge >= 0.3 is 0 Å². The molecule has 3 N–H and O–H groups in total. The summed E-state index contributed by atoms with van der Waals surface area (Å²) in [6.45, 7) is 0. The fraction of sp³-hybridized carbons (Fsp3) is 0.158. The van der Waals surface area contributed by atoms with Gasteiger partial charge in [0.25, 0.3) is 0 Å². The number of aromatic nitrogens is 3. The van der Waals surface area contributed by atoms with E-state index in [4.69, 9.17) is 5.73 Å². The minimum Gasteiger partial charge on any atom is -0.366 e. The van der Waals surface area contributed by atoms with Gasteiger partial charge < -0.3 is 5.73 Å². The first-order chi connectivity index (χ1) is 12.5. The van der Waals surface area contributed by atoms with Gasteiger partial charge in [0.1, 0.15) is 5.82 Å². The van der Waals surface area contributed by atoms with Crippen molar-refractivity contribution < 1.29 is 13.6 Å². The molecule has 0 unspecified atom stereocenters. The first-order valence-electron chi connectivity index (χ1n) is 8.09. The molecule has 0 saturated heterocycles. The third-order valence-corrected chi connectivity index (χ3v) is 3.93. The zero-order valence-electron chi connectivity index (χ0n) is 13.9. The zero-order valence-corrected chi connectivity index (χ0v) is 13.9. The Morgan fingerprint density at radius 3 is 2.73 bits per heavy atom. The number of aryl methyl sites for hydroxylation is 1. The average molecular weight is 355 g/mol. The average Bonchev–Trinajstić information content (AvgIpc) is 3.06. The summed E-state index contributed by atoms with van der Waals surface area (Å²) in [4.78, 5) is 15.7. The molecule has 3 rings (SSSR count). The Morgan fingerprint density at radius 1 is 1.15 bits per heavy atom. The minimum absolute atomic E-state index is 0.298. The van der Waals surface area contributed by atoms with Crippen molar-refractivity contribution in [3.05, 3.63) is 88.9 Å². The van der Waals surface area contributed by atoms with Crippen molar-refractivity contribution in [2.24, 2.45) is 5.73 Å². The number of halogens is 2. The number of hydrogen-bond donors (Lipinski definition) is 2. The van der Waals surface area contributed by atoms with Crippen molar-refractivity contribution in [1.82, 2.24) is 15.2 Å². The fourth-order valence-electron chi connectivity index (χ4n) is 2.66. The number of carbonyl (C=O) groups is 1. The first kappa shape index (κ1) is 17.7. The van der Waals surface area contributed by atoms with E-state index in [0.29, 0.717) is 42.0 Å². The number of hydrogen-bond acceptors (Lipinski definition) is 3. The second kappa shape index (κ2) is 7.86. The topological polar surface area (TPSA) is 84.7 Å². The lowest BCUT2D eigenvalue weighted by atomic mass is 10.0. The van der Waals surface area contributed by atoms with Gasteiger partial charge in [-0.15, -0.1) is 0 Å². The van der Waals surface area contributed by atoms with Gasteiger partial charge in [-0.05, 0) is 42.2 Å². The number of nitrogens with zero attached hydrogens (tertiary/aromatic N) is 2. The number of benzene rings is 2. The number of nitrogens with two attached hydrogens (primary N) is 1. The van der Waals surface area contributed by atoms with Crippen LogP contribution in [0.2, 0.25) is 0 Å². The number of aromatic amines is 1. The van der Waals surface area contributed by atoms with E-state index in [1.54, 1.807) is 12.1 Å². The molecule has 0 atom stereocenters. The molecular weight excluding hydrogens is 338 g/mol. The van der Waals surface area contributed by atoms with Crippen LogP contribution in [-0.2, 0) is 12.8 Å². The highest BCUT2D eigenvalue weighted by Crippen LogP contribution is 2.14. The number of H-pyrrole nitrogens is 1. The maximum absolute atomic E-state index is 13.2. The minimum atomic E-state index is -0.891. The van der Waals surface area contributed by atoms with E-state index in [2.05, 4.69) is 15.2 Å². The smallest absolute Gasteiger partial charge is 0.248 e. The molecule has 26 heavy (non-hydrogen) atoms. The second-order valence-corrected chi connectivity index (χ2v) is 5.83. The Kier molecular flexibility index (Phi) is 5.36. The van der Waals surface area contributed by atoms with Gasteiger partial charge in [0.15, 0.2) is 17.5 Å². The molecule has 0 saturated carbocycles. The van der Waals surface area contributed by atoms with Crippen LogP contribution in [0.25, 0.3) is 0 Å². The normalized spacial score (nSPS) is 10.8. The van der Waals surface area contributed by atoms with Crippen LogP contribution in [0.5, 0.6) is 0 Å². The highest BCUT2D eigenvalue weighted by atomic mass is 19.2. The van der Waals surface area contributed by atoms with Gasteiger partial charge in [0.2, 0.25) is 5.91 Å². The Labute approximate surface area is 149 Å². The molecule has 2 aromatic carbocycles. The van der Waals surface area contributed by atoms with Gasteiger partial charge in [0, 0.05) is 18.4 Å². The summed E-state index contributed by atoms with van der Waals surface area (Å²) in [6, 6.07) is 10.9. The van der Waals surface area contributed by atoms with Crippen molar-refractivity contribution in [1.29, 1.82) is 0 Å². The predicted molar refractivity (Wildman–Crippen MR) is 92.2 cm³/mol. The maximum atomic E-state index is 13.2. The molecule has 1 radical (unpaired) electrons. The van der Waals surface area contributed by atoms with E-state index in [1.165, 1.54) is 6.07 Å². The van der Waals surface area contributed by atoms with Gasteiger partial charge in [-0.2, -0.15) is 5.10 Å². The van der Waals surface area contributed by atoms with E-state index in [-0.39, 0.29) is 0 Å². The second-order valence-electron chi connectivity index (χ2n) is 5.83. The molecule has 0 fully saturated rings. The van der Waals surface area contributed by atoms with Gasteiger partial charge in [-0.1, -0.05) is 24.3 Å². The summed E-state index contributed by atoms with van der Waals surface area (Å²) in [7, 11) is 0. The lowest BCUT2D eigenvalue weighted by Gasteiger charge is -2.05. The SMILES string of the molecule is NC(=O)c1ccccc1CC[CH]c1nc(Cc2ccc(F)c(F)c2)n[nH]1. The number of primary amides is 1. The summed E-state index contributed by atoms with van der Waals surface area (Å²) >= 11 is 0. The van der Waals surface area contributed by atoms with Crippen molar-refractivity contribution in [2.75, 3.05) is 0 Å². The molecule has 1 amide bonds. The van der Waals surface area contributed by atoms with Crippen molar-refractivity contribution in [3.63, 3.8) is 0 Å². The van der Waals surface area contributed by atoms with E-state index >= 15 is 0 Å². The number of nitrogens with one attached hydrogen (secondary N) is 1. The Bertz CT molecular complexity index is 923. The molecule has 133 valence electrons. The molecule has 0 bridgehead atoms. The quantitative estimate of drug-likeness (QED) is 0.683. The largest absolute Gasteiger partial charge is 0.366 e. The molecule has 7 heteroatoms. The molecule has 5 nitrogen and oxygen atoms in total. The maximum Gasteiger partial charge on any atom is 0.248 e. The van der Waals surface area contributed by atoms with Crippen molar-refractivity contribution >= 4 is 5.91 Å². The van der Waals surface area contributed by atoms with Crippen molar-refractivity contribution in [3.8, 4) is 0 Å². The molecule has 0 aliphatic carbocycles. The highest BCUT2D eigenvalue weighted by Gasteiger charge is 2.10. The summed E-state index contributed by atoms with van der Waals surface area (Å²) in [5, 5.41) is 6.88. The number of amides is 1. The van der Waals surface area contributed by atoms with E-state index in [0.717, 1.165) is 17.7 Å². The van der Waals surface area contributed by atoms with Crippen LogP contribution >= 0.6 is 0 Å². The Morgan fingerprint density at radius 2 is 1.96 bits per heavy atom.